The molecule has 1 aromatic carbocycles. The van der Waals surface area contributed by atoms with Crippen LogP contribution in [0.1, 0.15) is 27.2 Å². The van der Waals surface area contributed by atoms with Crippen molar-refractivity contribution in [3.05, 3.63) is 24.0 Å². The molecular formula is C14H20FN3O2. The van der Waals surface area contributed by atoms with Crippen LogP contribution >= 0.6 is 0 Å². The number of carbonyl (C=O) groups excluding carboxylic acids is 2. The minimum absolute atomic E-state index is 0.0208. The molecule has 0 bridgehead atoms. The number of nitrogens with one attached hydrogen (secondary N) is 2. The molecule has 2 amide bonds. The average Bonchev–Trinajstić information content (AvgIpc) is 2.40. The predicted octanol–water partition coefficient (Wildman–Crippen LogP) is 2.10. The molecule has 1 rings (SSSR count). The van der Waals surface area contributed by atoms with Crippen molar-refractivity contribution in [3.8, 4) is 0 Å². The Kier molecular flexibility index (Phi) is 5.64. The van der Waals surface area contributed by atoms with E-state index in [9.17, 15) is 14.0 Å². The van der Waals surface area contributed by atoms with Crippen molar-refractivity contribution in [2.24, 2.45) is 11.7 Å². The first-order valence-corrected chi connectivity index (χ1v) is 6.48. The molecule has 2 atom stereocenters. The van der Waals surface area contributed by atoms with Crippen LogP contribution < -0.4 is 16.4 Å². The fraction of sp³-hybridized carbons (Fsp3) is 0.429. The summed E-state index contributed by atoms with van der Waals surface area (Å²) in [5.74, 6) is -1.24. The number of benzene rings is 1. The van der Waals surface area contributed by atoms with E-state index in [4.69, 9.17) is 5.73 Å². The molecule has 4 N–H and O–H groups in total. The minimum atomic E-state index is -0.630. The zero-order valence-corrected chi connectivity index (χ0v) is 11.9. The fourth-order valence-electron chi connectivity index (χ4n) is 1.63. The number of hydrogen-bond acceptors (Lipinski definition) is 3. The Labute approximate surface area is 117 Å². The highest BCUT2D eigenvalue weighted by atomic mass is 19.1. The summed E-state index contributed by atoms with van der Waals surface area (Å²) in [5.41, 5.74) is 6.22. The molecule has 0 aliphatic heterocycles. The molecule has 0 aliphatic carbocycles. The Hall–Kier alpha value is -1.95. The van der Waals surface area contributed by atoms with E-state index in [-0.39, 0.29) is 23.4 Å². The highest BCUT2D eigenvalue weighted by Crippen LogP contribution is 2.20. The van der Waals surface area contributed by atoms with Crippen LogP contribution in [0.25, 0.3) is 0 Å². The van der Waals surface area contributed by atoms with Crippen molar-refractivity contribution in [1.29, 1.82) is 0 Å². The Balaban J connectivity index is 2.82. The van der Waals surface area contributed by atoms with Gasteiger partial charge in [0.2, 0.25) is 11.8 Å². The molecule has 0 aliphatic rings. The molecule has 2 unspecified atom stereocenters. The summed E-state index contributed by atoms with van der Waals surface area (Å²) in [5, 5.41) is 4.97. The van der Waals surface area contributed by atoms with Crippen molar-refractivity contribution >= 4 is 23.2 Å². The van der Waals surface area contributed by atoms with Crippen molar-refractivity contribution in [1.82, 2.24) is 0 Å². The molecule has 5 nitrogen and oxygen atoms in total. The summed E-state index contributed by atoms with van der Waals surface area (Å²) in [6, 6.07) is 3.32. The second kappa shape index (κ2) is 7.00. The second-order valence-corrected chi connectivity index (χ2v) is 4.78. The van der Waals surface area contributed by atoms with Crippen LogP contribution in [-0.2, 0) is 9.59 Å². The van der Waals surface area contributed by atoms with E-state index in [1.165, 1.54) is 25.1 Å². The number of nitrogens with two attached hydrogens (primary N) is 1. The average molecular weight is 281 g/mol. The number of carbonyl (C=O) groups is 2. The molecule has 0 fully saturated rings. The summed E-state index contributed by atoms with van der Waals surface area (Å²) in [4.78, 5) is 22.9. The molecule has 110 valence electrons. The van der Waals surface area contributed by atoms with Gasteiger partial charge >= 0.3 is 0 Å². The third kappa shape index (κ3) is 4.31. The lowest BCUT2D eigenvalue weighted by Gasteiger charge is -2.18. The van der Waals surface area contributed by atoms with Gasteiger partial charge in [-0.25, -0.2) is 4.39 Å². The molecule has 6 heteroatoms. The lowest BCUT2D eigenvalue weighted by Crippen LogP contribution is -2.40. The van der Waals surface area contributed by atoms with Crippen molar-refractivity contribution in [2.75, 3.05) is 10.6 Å². The normalized spacial score (nSPS) is 13.4. The van der Waals surface area contributed by atoms with E-state index in [0.717, 1.165) is 6.42 Å². The van der Waals surface area contributed by atoms with Crippen LogP contribution in [0.4, 0.5) is 15.8 Å². The zero-order chi connectivity index (χ0) is 15.3. The Morgan fingerprint density at radius 2 is 2.00 bits per heavy atom. The van der Waals surface area contributed by atoms with Gasteiger partial charge in [0.25, 0.3) is 0 Å². The SMILES string of the molecule is CCC(C)C(N)C(=O)Nc1ccc(F)c(NC(C)=O)c1. The van der Waals surface area contributed by atoms with E-state index in [0.29, 0.717) is 5.69 Å². The number of hydrogen-bond donors (Lipinski definition) is 3. The zero-order valence-electron chi connectivity index (χ0n) is 11.9. The van der Waals surface area contributed by atoms with Gasteiger partial charge in [0.1, 0.15) is 5.82 Å². The van der Waals surface area contributed by atoms with Gasteiger partial charge in [-0.05, 0) is 24.1 Å². The monoisotopic (exact) mass is 281 g/mol. The highest BCUT2D eigenvalue weighted by molar-refractivity contribution is 5.96. The molecule has 0 saturated heterocycles. The summed E-state index contributed by atoms with van der Waals surface area (Å²) in [6.07, 6.45) is 0.787. The van der Waals surface area contributed by atoms with Crippen molar-refractivity contribution in [2.45, 2.75) is 33.2 Å². The maximum atomic E-state index is 13.5. The van der Waals surface area contributed by atoms with E-state index < -0.39 is 11.9 Å². The van der Waals surface area contributed by atoms with Crippen LogP contribution in [-0.4, -0.2) is 17.9 Å². The van der Waals surface area contributed by atoms with Gasteiger partial charge in [-0.3, -0.25) is 9.59 Å². The molecule has 0 aromatic heterocycles. The van der Waals surface area contributed by atoms with Gasteiger partial charge < -0.3 is 16.4 Å². The van der Waals surface area contributed by atoms with Crippen molar-refractivity contribution in [3.63, 3.8) is 0 Å². The molecule has 1 aromatic rings. The van der Waals surface area contributed by atoms with Crippen LogP contribution in [0.15, 0.2) is 18.2 Å². The van der Waals surface area contributed by atoms with Gasteiger partial charge in [0, 0.05) is 12.6 Å². The molecule has 0 heterocycles. The van der Waals surface area contributed by atoms with Crippen LogP contribution in [0.5, 0.6) is 0 Å². The lowest BCUT2D eigenvalue weighted by molar-refractivity contribution is -0.118. The van der Waals surface area contributed by atoms with Gasteiger partial charge in [-0.15, -0.1) is 0 Å². The summed E-state index contributed by atoms with van der Waals surface area (Å²) < 4.78 is 13.5. The topological polar surface area (TPSA) is 84.2 Å². The quantitative estimate of drug-likeness (QED) is 0.772. The first-order valence-electron chi connectivity index (χ1n) is 6.48. The molecular weight excluding hydrogens is 261 g/mol. The van der Waals surface area contributed by atoms with Crippen LogP contribution in [0.3, 0.4) is 0 Å². The number of rotatable bonds is 5. The Morgan fingerprint density at radius 3 is 2.55 bits per heavy atom. The molecule has 0 saturated carbocycles. The fourth-order valence-corrected chi connectivity index (χ4v) is 1.63. The predicted molar refractivity (Wildman–Crippen MR) is 76.8 cm³/mol. The van der Waals surface area contributed by atoms with Crippen LogP contribution in [0.2, 0.25) is 0 Å². The minimum Gasteiger partial charge on any atom is -0.325 e. The van der Waals surface area contributed by atoms with E-state index in [1.807, 2.05) is 13.8 Å². The van der Waals surface area contributed by atoms with Gasteiger partial charge in [-0.1, -0.05) is 20.3 Å². The Bertz CT molecular complexity index is 505. The van der Waals surface area contributed by atoms with Gasteiger partial charge in [0.05, 0.1) is 11.7 Å². The summed E-state index contributed by atoms with van der Waals surface area (Å²) >= 11 is 0. The second-order valence-electron chi connectivity index (χ2n) is 4.78. The van der Waals surface area contributed by atoms with E-state index >= 15 is 0 Å². The largest absolute Gasteiger partial charge is 0.325 e. The first kappa shape index (κ1) is 16.1. The Morgan fingerprint density at radius 1 is 1.35 bits per heavy atom. The lowest BCUT2D eigenvalue weighted by atomic mass is 9.99. The van der Waals surface area contributed by atoms with Crippen LogP contribution in [0, 0.1) is 11.7 Å². The van der Waals surface area contributed by atoms with E-state index in [1.54, 1.807) is 0 Å². The van der Waals surface area contributed by atoms with Gasteiger partial charge in [-0.2, -0.15) is 0 Å². The molecule has 20 heavy (non-hydrogen) atoms. The molecule has 0 spiro atoms. The van der Waals surface area contributed by atoms with Gasteiger partial charge in [0.15, 0.2) is 0 Å². The summed E-state index contributed by atoms with van der Waals surface area (Å²) in [6.45, 7) is 5.12. The smallest absolute Gasteiger partial charge is 0.241 e. The highest BCUT2D eigenvalue weighted by Gasteiger charge is 2.19. The number of anilines is 2. The first-order chi connectivity index (χ1) is 9.35. The van der Waals surface area contributed by atoms with E-state index in [2.05, 4.69) is 10.6 Å². The number of amides is 2. The summed E-state index contributed by atoms with van der Waals surface area (Å²) in [7, 11) is 0. The third-order valence-corrected chi connectivity index (χ3v) is 3.10. The standard InChI is InChI=1S/C14H20FN3O2/c1-4-8(2)13(16)14(20)18-10-5-6-11(15)12(7-10)17-9(3)19/h5-8,13H,4,16H2,1-3H3,(H,17,19)(H,18,20). The third-order valence-electron chi connectivity index (χ3n) is 3.10. The maximum absolute atomic E-state index is 13.5. The number of halogens is 1. The maximum Gasteiger partial charge on any atom is 0.241 e. The molecule has 0 radical (unpaired) electrons. The van der Waals surface area contributed by atoms with Crippen molar-refractivity contribution < 1.29 is 14.0 Å².